The van der Waals surface area contributed by atoms with Crippen LogP contribution >= 0.6 is 15.9 Å². The number of halogens is 1. The first-order valence-electron chi connectivity index (χ1n) is 6.32. The molecule has 0 bridgehead atoms. The summed E-state index contributed by atoms with van der Waals surface area (Å²) in [6, 6.07) is 6.61. The van der Waals surface area contributed by atoms with E-state index in [0.29, 0.717) is 11.1 Å². The molecule has 0 aromatic heterocycles. The lowest BCUT2D eigenvalue weighted by Crippen LogP contribution is -2.37. The molecule has 6 nitrogen and oxygen atoms in total. The summed E-state index contributed by atoms with van der Waals surface area (Å²) < 4.78 is 5.10. The summed E-state index contributed by atoms with van der Waals surface area (Å²) >= 11 is 3.02. The predicted octanol–water partition coefficient (Wildman–Crippen LogP) is 1.54. The Bertz CT molecular complexity index is 553. The van der Waals surface area contributed by atoms with Crippen LogP contribution in [0.5, 0.6) is 0 Å². The minimum absolute atomic E-state index is 0.111. The molecule has 0 saturated carbocycles. The van der Waals surface area contributed by atoms with Gasteiger partial charge in [-0.15, -0.1) is 0 Å². The lowest BCUT2D eigenvalue weighted by atomic mass is 10.1. The number of imide groups is 1. The zero-order valence-electron chi connectivity index (χ0n) is 11.3. The fourth-order valence-electron chi connectivity index (χ4n) is 2.24. The number of carbonyl (C=O) groups is 3. The third-order valence-electron chi connectivity index (χ3n) is 3.38. The molecule has 1 aromatic rings. The molecule has 1 aliphatic rings. The maximum atomic E-state index is 12.1. The average Bonchev–Trinajstić information content (AvgIpc) is 2.72. The van der Waals surface area contributed by atoms with Gasteiger partial charge < -0.3 is 9.84 Å². The number of rotatable bonds is 6. The summed E-state index contributed by atoms with van der Waals surface area (Å²) in [5, 5.41) is 8.95. The number of amides is 2. The quantitative estimate of drug-likeness (QED) is 0.618. The highest BCUT2D eigenvalue weighted by molar-refractivity contribution is 9.10. The number of nitrogens with zero attached hydrogens (tertiary/aromatic N) is 1. The van der Waals surface area contributed by atoms with Crippen molar-refractivity contribution in [1.82, 2.24) is 4.90 Å². The number of hydrogen-bond donors (Lipinski definition) is 1. The Balaban J connectivity index is 2.07. The Morgan fingerprint density at radius 2 is 1.81 bits per heavy atom. The second-order valence-corrected chi connectivity index (χ2v) is 5.60. The maximum Gasteiger partial charge on any atom is 0.319 e. The minimum atomic E-state index is -1.05. The molecule has 7 heteroatoms. The lowest BCUT2D eigenvalue weighted by Gasteiger charge is -2.21. The van der Waals surface area contributed by atoms with Crippen LogP contribution in [-0.4, -0.2) is 52.4 Å². The predicted molar refractivity (Wildman–Crippen MR) is 77.6 cm³/mol. The van der Waals surface area contributed by atoms with Gasteiger partial charge in [0, 0.05) is 13.7 Å². The van der Waals surface area contributed by atoms with Gasteiger partial charge in [-0.1, -0.05) is 28.1 Å². The van der Waals surface area contributed by atoms with Gasteiger partial charge in [0.25, 0.3) is 11.8 Å². The molecule has 0 aliphatic carbocycles. The molecule has 21 heavy (non-hydrogen) atoms. The van der Waals surface area contributed by atoms with E-state index in [1.165, 1.54) is 7.11 Å². The molecular formula is C14H14BrNO5. The number of carboxylic acid groups (broad SMARTS) is 1. The minimum Gasteiger partial charge on any atom is -0.480 e. The highest BCUT2D eigenvalue weighted by Crippen LogP contribution is 2.23. The van der Waals surface area contributed by atoms with Gasteiger partial charge in [-0.05, 0) is 18.6 Å². The first kappa shape index (κ1) is 15.7. The van der Waals surface area contributed by atoms with Crippen LogP contribution in [0.1, 0.15) is 27.1 Å². The average molecular weight is 356 g/mol. The van der Waals surface area contributed by atoms with Gasteiger partial charge in [0.1, 0.15) is 4.83 Å². The summed E-state index contributed by atoms with van der Waals surface area (Å²) in [4.78, 5) is 35.5. The third-order valence-corrected chi connectivity index (χ3v) is 4.36. The lowest BCUT2D eigenvalue weighted by molar-refractivity contribution is -0.138. The third kappa shape index (κ3) is 2.98. The molecule has 0 fully saturated rings. The standard InChI is InChI=1S/C14H14BrNO5/c1-21-10(11(15)14(19)20)6-7-16-12(17)8-4-2-3-5-9(8)13(16)18/h2-5,10-11H,6-7H2,1H3,(H,19,20)/t10-,11-/m1/s1. The molecule has 2 atom stereocenters. The fourth-order valence-corrected chi connectivity index (χ4v) is 2.72. The van der Waals surface area contributed by atoms with Crippen molar-refractivity contribution in [2.75, 3.05) is 13.7 Å². The fraction of sp³-hybridized carbons (Fsp3) is 0.357. The van der Waals surface area contributed by atoms with E-state index >= 15 is 0 Å². The number of aliphatic carboxylic acids is 1. The van der Waals surface area contributed by atoms with E-state index in [2.05, 4.69) is 15.9 Å². The van der Waals surface area contributed by atoms with Crippen molar-refractivity contribution in [2.45, 2.75) is 17.4 Å². The number of carboxylic acids is 1. The molecule has 1 aromatic carbocycles. The van der Waals surface area contributed by atoms with E-state index in [1.54, 1.807) is 24.3 Å². The number of hydrogen-bond acceptors (Lipinski definition) is 4. The van der Waals surface area contributed by atoms with Crippen LogP contribution in [-0.2, 0) is 9.53 Å². The first-order chi connectivity index (χ1) is 9.97. The van der Waals surface area contributed by atoms with Crippen LogP contribution in [0.15, 0.2) is 24.3 Å². The summed E-state index contributed by atoms with van der Waals surface area (Å²) in [6.07, 6.45) is -0.392. The zero-order chi connectivity index (χ0) is 15.6. The number of benzene rings is 1. The monoisotopic (exact) mass is 355 g/mol. The molecule has 0 saturated heterocycles. The number of fused-ring (bicyclic) bond motifs is 1. The van der Waals surface area contributed by atoms with Crippen LogP contribution in [0.4, 0.5) is 0 Å². The summed E-state index contributed by atoms with van der Waals surface area (Å²) in [7, 11) is 1.39. The van der Waals surface area contributed by atoms with Gasteiger partial charge in [-0.3, -0.25) is 19.3 Å². The number of carbonyl (C=O) groups excluding carboxylic acids is 2. The number of methoxy groups -OCH3 is 1. The summed E-state index contributed by atoms with van der Waals surface area (Å²) in [5.74, 6) is -1.76. The largest absolute Gasteiger partial charge is 0.480 e. The van der Waals surface area contributed by atoms with Gasteiger partial charge in [0.15, 0.2) is 0 Å². The molecule has 1 heterocycles. The van der Waals surface area contributed by atoms with Crippen LogP contribution in [0.3, 0.4) is 0 Å². The van der Waals surface area contributed by atoms with Crippen LogP contribution in [0, 0.1) is 0 Å². The molecule has 1 N–H and O–H groups in total. The Morgan fingerprint density at radius 3 is 2.24 bits per heavy atom. The highest BCUT2D eigenvalue weighted by atomic mass is 79.9. The molecule has 1 aliphatic heterocycles. The van der Waals surface area contributed by atoms with Crippen molar-refractivity contribution in [3.63, 3.8) is 0 Å². The van der Waals surface area contributed by atoms with Crippen molar-refractivity contribution in [3.8, 4) is 0 Å². The first-order valence-corrected chi connectivity index (χ1v) is 7.23. The maximum absolute atomic E-state index is 12.1. The topological polar surface area (TPSA) is 83.9 Å². The van der Waals surface area contributed by atoms with Crippen LogP contribution in [0.2, 0.25) is 0 Å². The number of alkyl halides is 1. The Morgan fingerprint density at radius 1 is 1.29 bits per heavy atom. The van der Waals surface area contributed by atoms with Gasteiger partial charge in [0.05, 0.1) is 17.2 Å². The normalized spacial score (nSPS) is 16.8. The summed E-state index contributed by atoms with van der Waals surface area (Å²) in [6.45, 7) is 0.111. The van der Waals surface area contributed by atoms with Crippen LogP contribution < -0.4 is 0 Å². The Hall–Kier alpha value is -1.73. The van der Waals surface area contributed by atoms with E-state index in [9.17, 15) is 14.4 Å². The van der Waals surface area contributed by atoms with Crippen molar-refractivity contribution in [1.29, 1.82) is 0 Å². The smallest absolute Gasteiger partial charge is 0.319 e. The van der Waals surface area contributed by atoms with E-state index in [0.717, 1.165) is 4.90 Å². The molecule has 2 rings (SSSR count). The number of ether oxygens (including phenoxy) is 1. The second-order valence-electron chi connectivity index (χ2n) is 4.61. The summed E-state index contributed by atoms with van der Waals surface area (Å²) in [5.41, 5.74) is 0.759. The van der Waals surface area contributed by atoms with Gasteiger partial charge in [0.2, 0.25) is 0 Å². The second kappa shape index (κ2) is 6.36. The van der Waals surface area contributed by atoms with Crippen molar-refractivity contribution >= 4 is 33.7 Å². The van der Waals surface area contributed by atoms with Crippen molar-refractivity contribution < 1.29 is 24.2 Å². The molecule has 0 unspecified atom stereocenters. The van der Waals surface area contributed by atoms with E-state index < -0.39 is 16.9 Å². The molecular weight excluding hydrogens is 342 g/mol. The van der Waals surface area contributed by atoms with Gasteiger partial charge >= 0.3 is 5.97 Å². The van der Waals surface area contributed by atoms with Gasteiger partial charge in [-0.25, -0.2) is 0 Å². The molecule has 2 amide bonds. The van der Waals surface area contributed by atoms with Gasteiger partial charge in [-0.2, -0.15) is 0 Å². The zero-order valence-corrected chi connectivity index (χ0v) is 12.9. The van der Waals surface area contributed by atoms with E-state index in [4.69, 9.17) is 9.84 Å². The SMILES string of the molecule is CO[C@H](CCN1C(=O)c2ccccc2C1=O)[C@@H](Br)C(=O)O. The van der Waals surface area contributed by atoms with E-state index in [-0.39, 0.29) is 24.8 Å². The van der Waals surface area contributed by atoms with E-state index in [1.807, 2.05) is 0 Å². The molecule has 0 spiro atoms. The molecule has 0 radical (unpaired) electrons. The van der Waals surface area contributed by atoms with Crippen LogP contribution in [0.25, 0.3) is 0 Å². The highest BCUT2D eigenvalue weighted by Gasteiger charge is 2.36. The molecule has 112 valence electrons. The Labute approximate surface area is 129 Å². The van der Waals surface area contributed by atoms with Crippen molar-refractivity contribution in [2.24, 2.45) is 0 Å². The Kier molecular flexibility index (Phi) is 4.74. The van der Waals surface area contributed by atoms with Crippen molar-refractivity contribution in [3.05, 3.63) is 35.4 Å².